The lowest BCUT2D eigenvalue weighted by molar-refractivity contribution is 0.529. The molecule has 1 aromatic heterocycles. The van der Waals surface area contributed by atoms with Gasteiger partial charge in [-0.1, -0.05) is 36.8 Å². The topological polar surface area (TPSA) is 25.2 Å². The van der Waals surface area contributed by atoms with Crippen molar-refractivity contribution in [3.63, 3.8) is 0 Å². The van der Waals surface area contributed by atoms with Gasteiger partial charge in [-0.25, -0.2) is 0 Å². The minimum absolute atomic E-state index is 0.362. The monoisotopic (exact) mass is 275 g/mol. The Kier molecular flexibility index (Phi) is 5.11. The molecule has 2 aromatic rings. The zero-order chi connectivity index (χ0) is 13.7. The molecule has 0 aliphatic heterocycles. The molecule has 3 heteroatoms. The van der Waals surface area contributed by atoms with Crippen LogP contribution in [-0.4, -0.2) is 12.3 Å². The standard InChI is InChI=1S/C16H21NOS/c1-12-6-8-14(9-7-12)16(17-3)13(2)19-11-15-5-4-10-18-15/h4-10,13,16-17H,11H2,1-3H3. The van der Waals surface area contributed by atoms with Crippen molar-refractivity contribution in [2.45, 2.75) is 30.9 Å². The Morgan fingerprint density at radius 1 is 1.21 bits per heavy atom. The molecule has 2 unspecified atom stereocenters. The summed E-state index contributed by atoms with van der Waals surface area (Å²) in [6, 6.07) is 13.1. The summed E-state index contributed by atoms with van der Waals surface area (Å²) in [5.74, 6) is 1.95. The second kappa shape index (κ2) is 6.83. The van der Waals surface area contributed by atoms with Gasteiger partial charge in [-0.15, -0.1) is 11.8 Å². The smallest absolute Gasteiger partial charge is 0.113 e. The Bertz CT molecular complexity index is 478. The summed E-state index contributed by atoms with van der Waals surface area (Å²) in [5.41, 5.74) is 2.64. The second-order valence-corrected chi connectivity index (χ2v) is 6.14. The molecule has 0 saturated carbocycles. The SMILES string of the molecule is CNC(c1ccc(C)cc1)C(C)SCc1ccco1. The van der Waals surface area contributed by atoms with Crippen LogP contribution in [0, 0.1) is 6.92 Å². The number of benzene rings is 1. The van der Waals surface area contributed by atoms with Crippen molar-refractivity contribution in [3.05, 3.63) is 59.5 Å². The molecule has 0 aliphatic carbocycles. The van der Waals surface area contributed by atoms with E-state index >= 15 is 0 Å². The maximum Gasteiger partial charge on any atom is 0.113 e. The molecule has 1 N–H and O–H groups in total. The molecule has 0 bridgehead atoms. The van der Waals surface area contributed by atoms with Crippen LogP contribution in [-0.2, 0) is 5.75 Å². The number of aryl methyl sites for hydroxylation is 1. The van der Waals surface area contributed by atoms with Gasteiger partial charge in [-0.2, -0.15) is 0 Å². The van der Waals surface area contributed by atoms with Gasteiger partial charge >= 0.3 is 0 Å². The second-order valence-electron chi connectivity index (χ2n) is 4.77. The van der Waals surface area contributed by atoms with Crippen LogP contribution in [0.1, 0.15) is 29.9 Å². The quantitative estimate of drug-likeness (QED) is 0.856. The molecule has 0 spiro atoms. The number of hydrogen-bond donors (Lipinski definition) is 1. The number of hydrogen-bond acceptors (Lipinski definition) is 3. The van der Waals surface area contributed by atoms with Crippen molar-refractivity contribution in [3.8, 4) is 0 Å². The first kappa shape index (κ1) is 14.2. The van der Waals surface area contributed by atoms with Crippen LogP contribution in [0.15, 0.2) is 47.1 Å². The molecule has 0 fully saturated rings. The zero-order valence-electron chi connectivity index (χ0n) is 11.7. The van der Waals surface area contributed by atoms with Gasteiger partial charge in [0, 0.05) is 11.3 Å². The Labute approximate surface area is 119 Å². The molecule has 0 radical (unpaired) electrons. The summed E-state index contributed by atoms with van der Waals surface area (Å²) in [7, 11) is 2.02. The third kappa shape index (κ3) is 3.88. The van der Waals surface area contributed by atoms with Gasteiger partial charge in [0.25, 0.3) is 0 Å². The highest BCUT2D eigenvalue weighted by atomic mass is 32.2. The molecule has 102 valence electrons. The molecular formula is C16H21NOS. The van der Waals surface area contributed by atoms with E-state index in [4.69, 9.17) is 4.42 Å². The van der Waals surface area contributed by atoms with Gasteiger partial charge in [-0.3, -0.25) is 0 Å². The molecule has 0 saturated heterocycles. The predicted molar refractivity (Wildman–Crippen MR) is 82.4 cm³/mol. The Balaban J connectivity index is 1.98. The maximum absolute atomic E-state index is 5.38. The van der Waals surface area contributed by atoms with Gasteiger partial charge in [-0.05, 0) is 31.7 Å². The van der Waals surface area contributed by atoms with Gasteiger partial charge in [0.05, 0.1) is 12.0 Å². The van der Waals surface area contributed by atoms with Gasteiger partial charge in [0.1, 0.15) is 5.76 Å². The Morgan fingerprint density at radius 3 is 2.53 bits per heavy atom. The van der Waals surface area contributed by atoms with Crippen molar-refractivity contribution in [1.29, 1.82) is 0 Å². The summed E-state index contributed by atoms with van der Waals surface area (Å²) in [6.07, 6.45) is 1.73. The molecule has 1 aromatic carbocycles. The number of rotatable bonds is 6. The molecular weight excluding hydrogens is 254 g/mol. The van der Waals surface area contributed by atoms with Crippen molar-refractivity contribution >= 4 is 11.8 Å². The van der Waals surface area contributed by atoms with E-state index in [0.717, 1.165) is 11.5 Å². The lowest BCUT2D eigenvalue weighted by atomic mass is 10.0. The highest BCUT2D eigenvalue weighted by Gasteiger charge is 2.18. The Hall–Kier alpha value is -1.19. The van der Waals surface area contributed by atoms with Crippen molar-refractivity contribution in [2.75, 3.05) is 7.05 Å². The number of nitrogens with one attached hydrogen (secondary N) is 1. The summed E-state index contributed by atoms with van der Waals surface area (Å²) in [6.45, 7) is 4.38. The van der Waals surface area contributed by atoms with Crippen LogP contribution in [0.3, 0.4) is 0 Å². The van der Waals surface area contributed by atoms with E-state index in [2.05, 4.69) is 43.4 Å². The molecule has 2 atom stereocenters. The fourth-order valence-corrected chi connectivity index (χ4v) is 3.23. The Morgan fingerprint density at radius 2 is 1.95 bits per heavy atom. The highest BCUT2D eigenvalue weighted by molar-refractivity contribution is 7.99. The highest BCUT2D eigenvalue weighted by Crippen LogP contribution is 2.28. The van der Waals surface area contributed by atoms with E-state index in [0.29, 0.717) is 11.3 Å². The zero-order valence-corrected chi connectivity index (χ0v) is 12.5. The average Bonchev–Trinajstić information content (AvgIpc) is 2.92. The van der Waals surface area contributed by atoms with Gasteiger partial charge in [0.15, 0.2) is 0 Å². The van der Waals surface area contributed by atoms with E-state index in [9.17, 15) is 0 Å². The first-order chi connectivity index (χ1) is 9.20. The maximum atomic E-state index is 5.38. The third-order valence-electron chi connectivity index (χ3n) is 3.29. The largest absolute Gasteiger partial charge is 0.468 e. The summed E-state index contributed by atoms with van der Waals surface area (Å²) < 4.78 is 5.38. The van der Waals surface area contributed by atoms with E-state index in [1.54, 1.807) is 6.26 Å². The lowest BCUT2D eigenvalue weighted by Gasteiger charge is -2.23. The molecule has 19 heavy (non-hydrogen) atoms. The third-order valence-corrected chi connectivity index (χ3v) is 4.53. The molecule has 2 nitrogen and oxygen atoms in total. The predicted octanol–water partition coefficient (Wildman–Crippen LogP) is 4.17. The average molecular weight is 275 g/mol. The lowest BCUT2D eigenvalue weighted by Crippen LogP contribution is -2.25. The molecule has 2 rings (SSSR count). The minimum atomic E-state index is 0.362. The fraction of sp³-hybridized carbons (Fsp3) is 0.375. The first-order valence-corrected chi connectivity index (χ1v) is 7.63. The van der Waals surface area contributed by atoms with Crippen molar-refractivity contribution < 1.29 is 4.42 Å². The van der Waals surface area contributed by atoms with Crippen molar-refractivity contribution in [2.24, 2.45) is 0 Å². The van der Waals surface area contributed by atoms with Crippen LogP contribution in [0.25, 0.3) is 0 Å². The van der Waals surface area contributed by atoms with E-state index in [1.165, 1.54) is 11.1 Å². The summed E-state index contributed by atoms with van der Waals surface area (Å²) >= 11 is 1.91. The van der Waals surface area contributed by atoms with E-state index in [1.807, 2.05) is 30.9 Å². The number of thioether (sulfide) groups is 1. The molecule has 0 aliphatic rings. The van der Waals surface area contributed by atoms with Crippen LogP contribution in [0.2, 0.25) is 0 Å². The van der Waals surface area contributed by atoms with Crippen molar-refractivity contribution in [1.82, 2.24) is 5.32 Å². The minimum Gasteiger partial charge on any atom is -0.468 e. The van der Waals surface area contributed by atoms with Gasteiger partial charge in [0.2, 0.25) is 0 Å². The van der Waals surface area contributed by atoms with Crippen LogP contribution >= 0.6 is 11.8 Å². The van der Waals surface area contributed by atoms with Gasteiger partial charge < -0.3 is 9.73 Å². The molecule has 0 amide bonds. The number of furan rings is 1. The molecule has 1 heterocycles. The van der Waals surface area contributed by atoms with Crippen LogP contribution in [0.4, 0.5) is 0 Å². The normalized spacial score (nSPS) is 14.3. The summed E-state index contributed by atoms with van der Waals surface area (Å²) in [4.78, 5) is 0. The van der Waals surface area contributed by atoms with E-state index in [-0.39, 0.29) is 0 Å². The van der Waals surface area contributed by atoms with Crippen LogP contribution in [0.5, 0.6) is 0 Å². The van der Waals surface area contributed by atoms with E-state index < -0.39 is 0 Å². The van der Waals surface area contributed by atoms with Crippen LogP contribution < -0.4 is 5.32 Å². The first-order valence-electron chi connectivity index (χ1n) is 6.58. The summed E-state index contributed by atoms with van der Waals surface area (Å²) in [5, 5.41) is 3.90. The fourth-order valence-electron chi connectivity index (χ4n) is 2.15.